The van der Waals surface area contributed by atoms with Crippen LogP contribution >= 0.6 is 22.6 Å². The summed E-state index contributed by atoms with van der Waals surface area (Å²) < 4.78 is 2.54. The molecule has 18 heavy (non-hydrogen) atoms. The number of amides is 1. The number of aromatic nitrogens is 2. The van der Waals surface area contributed by atoms with Crippen molar-refractivity contribution >= 4 is 40.5 Å². The molecular weight excluding hydrogens is 345 g/mol. The van der Waals surface area contributed by atoms with Gasteiger partial charge < -0.3 is 9.88 Å². The van der Waals surface area contributed by atoms with Crippen LogP contribution in [0.3, 0.4) is 0 Å². The average molecular weight is 355 g/mol. The van der Waals surface area contributed by atoms with Crippen LogP contribution in [0.5, 0.6) is 0 Å². The van der Waals surface area contributed by atoms with Gasteiger partial charge in [0.25, 0.3) is 0 Å². The fraction of sp³-hybridized carbons (Fsp3) is 0.0833. The van der Waals surface area contributed by atoms with Gasteiger partial charge in [0.2, 0.25) is 5.91 Å². The number of carbonyl (C=O) groups excluding carboxylic acids is 2. The van der Waals surface area contributed by atoms with E-state index in [2.05, 4.69) is 32.9 Å². The van der Waals surface area contributed by atoms with Crippen LogP contribution in [0.2, 0.25) is 0 Å². The number of hydrogen-bond acceptors (Lipinski definition) is 3. The van der Waals surface area contributed by atoms with Crippen LogP contribution in [0.25, 0.3) is 0 Å². The van der Waals surface area contributed by atoms with E-state index >= 15 is 0 Å². The molecule has 92 valence electrons. The molecule has 1 aromatic heterocycles. The maximum atomic E-state index is 11.8. The van der Waals surface area contributed by atoms with Crippen LogP contribution in [0.1, 0.15) is 10.6 Å². The highest BCUT2D eigenvalue weighted by Crippen LogP contribution is 2.12. The van der Waals surface area contributed by atoms with Crippen molar-refractivity contribution < 1.29 is 9.59 Å². The van der Waals surface area contributed by atoms with E-state index in [4.69, 9.17) is 0 Å². The van der Waals surface area contributed by atoms with Crippen molar-refractivity contribution in [3.8, 4) is 0 Å². The van der Waals surface area contributed by atoms with Gasteiger partial charge in [0.05, 0.1) is 0 Å². The quantitative estimate of drug-likeness (QED) is 0.674. The number of nitrogens with one attached hydrogen (secondary N) is 1. The number of rotatable bonds is 4. The third-order valence-electron chi connectivity index (χ3n) is 2.28. The Morgan fingerprint density at radius 1 is 1.50 bits per heavy atom. The standard InChI is InChI=1S/C12H10IN3O2/c13-9-2-1-3-10(6-9)15-12(18)7-16-5-4-14-11(16)8-17/h1-6,8H,7H2,(H,15,18). The monoisotopic (exact) mass is 355 g/mol. The minimum atomic E-state index is -0.196. The van der Waals surface area contributed by atoms with Crippen molar-refractivity contribution in [2.24, 2.45) is 0 Å². The zero-order valence-electron chi connectivity index (χ0n) is 9.34. The minimum absolute atomic E-state index is 0.0690. The van der Waals surface area contributed by atoms with Crippen molar-refractivity contribution in [2.75, 3.05) is 5.32 Å². The van der Waals surface area contributed by atoms with Crippen LogP contribution in [-0.2, 0) is 11.3 Å². The molecule has 0 fully saturated rings. The Morgan fingerprint density at radius 2 is 2.33 bits per heavy atom. The van der Waals surface area contributed by atoms with Crippen LogP contribution in [-0.4, -0.2) is 21.7 Å². The number of carbonyl (C=O) groups is 2. The summed E-state index contributed by atoms with van der Waals surface area (Å²) in [5, 5.41) is 2.76. The van der Waals surface area contributed by atoms with Crippen molar-refractivity contribution in [3.63, 3.8) is 0 Å². The highest BCUT2D eigenvalue weighted by Gasteiger charge is 2.07. The summed E-state index contributed by atoms with van der Waals surface area (Å²) in [6, 6.07) is 7.49. The maximum Gasteiger partial charge on any atom is 0.244 e. The summed E-state index contributed by atoms with van der Waals surface area (Å²) in [5.74, 6) is 0.0471. The number of anilines is 1. The Labute approximate surface area is 117 Å². The molecule has 0 aliphatic rings. The number of imidazole rings is 1. The molecule has 0 unspecified atom stereocenters. The van der Waals surface area contributed by atoms with Crippen molar-refractivity contribution in [2.45, 2.75) is 6.54 Å². The lowest BCUT2D eigenvalue weighted by molar-refractivity contribution is -0.116. The highest BCUT2D eigenvalue weighted by atomic mass is 127. The van der Waals surface area contributed by atoms with Crippen molar-refractivity contribution in [3.05, 3.63) is 46.1 Å². The third-order valence-corrected chi connectivity index (χ3v) is 2.95. The first-order chi connectivity index (χ1) is 8.69. The second-order valence-corrected chi connectivity index (χ2v) is 4.84. The molecule has 5 nitrogen and oxygen atoms in total. The lowest BCUT2D eigenvalue weighted by atomic mass is 10.3. The summed E-state index contributed by atoms with van der Waals surface area (Å²) in [7, 11) is 0. The zero-order valence-corrected chi connectivity index (χ0v) is 11.5. The first kappa shape index (κ1) is 12.7. The van der Waals surface area contributed by atoms with Crippen LogP contribution in [0.15, 0.2) is 36.7 Å². The molecule has 2 aromatic rings. The van der Waals surface area contributed by atoms with Gasteiger partial charge in [-0.25, -0.2) is 4.98 Å². The van der Waals surface area contributed by atoms with E-state index in [1.165, 1.54) is 10.8 Å². The molecule has 0 aliphatic carbocycles. The normalized spacial score (nSPS) is 10.1. The molecule has 1 aromatic carbocycles. The lowest BCUT2D eigenvalue weighted by Gasteiger charge is -2.07. The number of nitrogens with zero attached hydrogens (tertiary/aromatic N) is 2. The second-order valence-electron chi connectivity index (χ2n) is 3.59. The van der Waals surface area contributed by atoms with Crippen LogP contribution in [0.4, 0.5) is 5.69 Å². The first-order valence-electron chi connectivity index (χ1n) is 5.21. The smallest absolute Gasteiger partial charge is 0.244 e. The molecule has 2 rings (SSSR count). The predicted molar refractivity (Wildman–Crippen MR) is 75.4 cm³/mol. The van der Waals surface area contributed by atoms with Crippen molar-refractivity contribution in [1.82, 2.24) is 9.55 Å². The van der Waals surface area contributed by atoms with Gasteiger partial charge in [-0.05, 0) is 40.8 Å². The summed E-state index contributed by atoms with van der Waals surface area (Å²) in [6.45, 7) is 0.0690. The lowest BCUT2D eigenvalue weighted by Crippen LogP contribution is -2.19. The van der Waals surface area contributed by atoms with E-state index in [0.29, 0.717) is 6.29 Å². The van der Waals surface area contributed by atoms with E-state index in [-0.39, 0.29) is 18.3 Å². The molecule has 0 saturated heterocycles. The molecular formula is C12H10IN3O2. The molecule has 0 saturated carbocycles. The van der Waals surface area contributed by atoms with Gasteiger partial charge in [0, 0.05) is 21.7 Å². The van der Waals surface area contributed by atoms with Gasteiger partial charge >= 0.3 is 0 Å². The summed E-state index contributed by atoms with van der Waals surface area (Å²) in [5.41, 5.74) is 0.736. The Hall–Kier alpha value is -1.70. The van der Waals surface area contributed by atoms with Gasteiger partial charge in [0.15, 0.2) is 12.1 Å². The first-order valence-corrected chi connectivity index (χ1v) is 6.28. The molecule has 1 N–H and O–H groups in total. The minimum Gasteiger partial charge on any atom is -0.325 e. The summed E-state index contributed by atoms with van der Waals surface area (Å²) >= 11 is 2.17. The average Bonchev–Trinajstić information content (AvgIpc) is 2.76. The molecule has 0 spiro atoms. The van der Waals surface area contributed by atoms with E-state index in [1.54, 1.807) is 6.20 Å². The molecule has 0 radical (unpaired) electrons. The van der Waals surface area contributed by atoms with Gasteiger partial charge in [-0.15, -0.1) is 0 Å². The highest BCUT2D eigenvalue weighted by molar-refractivity contribution is 14.1. The molecule has 1 amide bonds. The number of halogens is 1. The number of benzene rings is 1. The van der Waals surface area contributed by atoms with E-state index in [9.17, 15) is 9.59 Å². The third kappa shape index (κ3) is 3.16. The Morgan fingerprint density at radius 3 is 3.06 bits per heavy atom. The molecule has 1 heterocycles. The maximum absolute atomic E-state index is 11.8. The summed E-state index contributed by atoms with van der Waals surface area (Å²) in [6.07, 6.45) is 3.71. The van der Waals surface area contributed by atoms with E-state index in [1.807, 2.05) is 24.3 Å². The Balaban J connectivity index is 2.03. The van der Waals surface area contributed by atoms with E-state index in [0.717, 1.165) is 9.26 Å². The van der Waals surface area contributed by atoms with Crippen LogP contribution < -0.4 is 5.32 Å². The van der Waals surface area contributed by atoms with Crippen molar-refractivity contribution in [1.29, 1.82) is 0 Å². The topological polar surface area (TPSA) is 64.0 Å². The van der Waals surface area contributed by atoms with Gasteiger partial charge in [-0.3, -0.25) is 9.59 Å². The summed E-state index contributed by atoms with van der Waals surface area (Å²) in [4.78, 5) is 26.3. The zero-order chi connectivity index (χ0) is 13.0. The van der Waals surface area contributed by atoms with Crippen LogP contribution in [0, 0.1) is 3.57 Å². The van der Waals surface area contributed by atoms with E-state index < -0.39 is 0 Å². The van der Waals surface area contributed by atoms with Gasteiger partial charge in [0.1, 0.15) is 6.54 Å². The SMILES string of the molecule is O=Cc1nccn1CC(=O)Nc1cccc(I)c1. The number of aldehydes is 1. The van der Waals surface area contributed by atoms with Gasteiger partial charge in [-0.1, -0.05) is 6.07 Å². The molecule has 0 aliphatic heterocycles. The molecule has 0 atom stereocenters. The Bertz CT molecular complexity index is 580. The fourth-order valence-electron chi connectivity index (χ4n) is 1.49. The predicted octanol–water partition coefficient (Wildman–Crippen LogP) is 1.94. The largest absolute Gasteiger partial charge is 0.325 e. The van der Waals surface area contributed by atoms with Gasteiger partial charge in [-0.2, -0.15) is 0 Å². The second kappa shape index (κ2) is 5.76. The Kier molecular flexibility index (Phi) is 4.08. The molecule has 6 heteroatoms. The number of hydrogen-bond donors (Lipinski definition) is 1. The molecule has 0 bridgehead atoms. The fourth-order valence-corrected chi connectivity index (χ4v) is 2.04.